The van der Waals surface area contributed by atoms with E-state index in [-0.39, 0.29) is 23.3 Å². The molecule has 3 heterocycles. The second-order valence-corrected chi connectivity index (χ2v) is 8.83. The van der Waals surface area contributed by atoms with Crippen LogP contribution in [0.25, 0.3) is 11.6 Å². The summed E-state index contributed by atoms with van der Waals surface area (Å²) >= 11 is 5.84. The Balaban J connectivity index is 1.51. The second-order valence-electron chi connectivity index (χ2n) is 6.50. The number of hydrogen-bond donors (Lipinski definition) is 1. The average molecular weight is 437 g/mol. The van der Waals surface area contributed by atoms with Crippen LogP contribution in [0.5, 0.6) is 0 Å². The molecule has 10 nitrogen and oxygen atoms in total. The first-order valence-corrected chi connectivity index (χ1v) is 10.6. The molecule has 2 aromatic heterocycles. The van der Waals surface area contributed by atoms with Gasteiger partial charge in [0.1, 0.15) is 11.7 Å². The quantitative estimate of drug-likeness (QED) is 0.647. The molecule has 0 radical (unpaired) electrons. The molecule has 0 saturated carbocycles. The fraction of sp³-hybridized carbons (Fsp3) is 0.294. The zero-order chi connectivity index (χ0) is 20.6. The number of sulfonamides is 1. The number of rotatable bonds is 5. The largest absolute Gasteiger partial charge is 0.401 e. The molecule has 1 aromatic carbocycles. The Hall–Kier alpha value is -2.76. The van der Waals surface area contributed by atoms with Gasteiger partial charge in [-0.25, -0.2) is 8.42 Å². The van der Waals surface area contributed by atoms with Crippen LogP contribution in [0.3, 0.4) is 0 Å². The van der Waals surface area contributed by atoms with Crippen LogP contribution in [0.4, 0.5) is 6.01 Å². The Labute approximate surface area is 171 Å². The summed E-state index contributed by atoms with van der Waals surface area (Å²) in [7, 11) is -2.09. The number of amides is 1. The topological polar surface area (TPSA) is 123 Å². The highest BCUT2D eigenvalue weighted by atomic mass is 35.5. The lowest BCUT2D eigenvalue weighted by molar-refractivity contribution is -0.119. The number of hydrogen-bond acceptors (Lipinski definition) is 7. The summed E-state index contributed by atoms with van der Waals surface area (Å²) < 4.78 is 34.1. The van der Waals surface area contributed by atoms with Gasteiger partial charge >= 0.3 is 6.01 Å². The zero-order valence-corrected chi connectivity index (χ0v) is 16.9. The third-order valence-electron chi connectivity index (χ3n) is 4.51. The molecule has 4 rings (SSSR count). The molecule has 1 unspecified atom stereocenters. The number of aryl methyl sites for hydroxylation is 1. The van der Waals surface area contributed by atoms with E-state index in [2.05, 4.69) is 20.6 Å². The Kier molecular flexibility index (Phi) is 5.11. The van der Waals surface area contributed by atoms with Gasteiger partial charge in [0, 0.05) is 24.8 Å². The first kappa shape index (κ1) is 19.6. The molecule has 12 heteroatoms. The van der Waals surface area contributed by atoms with Gasteiger partial charge in [-0.3, -0.25) is 14.8 Å². The predicted octanol–water partition coefficient (Wildman–Crippen LogP) is 1.92. The van der Waals surface area contributed by atoms with Gasteiger partial charge < -0.3 is 4.42 Å². The van der Waals surface area contributed by atoms with Crippen molar-refractivity contribution in [3.8, 4) is 11.6 Å². The normalized spacial score (nSPS) is 17.5. The monoisotopic (exact) mass is 436 g/mol. The van der Waals surface area contributed by atoms with Gasteiger partial charge in [0.25, 0.3) is 5.89 Å². The van der Waals surface area contributed by atoms with Gasteiger partial charge in [-0.05, 0) is 43.2 Å². The zero-order valence-electron chi connectivity index (χ0n) is 15.3. The smallest absolute Gasteiger partial charge is 0.322 e. The van der Waals surface area contributed by atoms with Gasteiger partial charge in [0.05, 0.1) is 4.90 Å². The van der Waals surface area contributed by atoms with E-state index in [1.54, 1.807) is 24.0 Å². The van der Waals surface area contributed by atoms with Crippen molar-refractivity contribution in [1.82, 2.24) is 24.3 Å². The predicted molar refractivity (Wildman–Crippen MR) is 103 cm³/mol. The van der Waals surface area contributed by atoms with Crippen molar-refractivity contribution in [2.45, 2.75) is 23.8 Å². The number of anilines is 1. The fourth-order valence-corrected chi connectivity index (χ4v) is 4.91. The van der Waals surface area contributed by atoms with Crippen LogP contribution in [-0.2, 0) is 21.9 Å². The van der Waals surface area contributed by atoms with Crippen LogP contribution in [0.1, 0.15) is 12.8 Å². The summed E-state index contributed by atoms with van der Waals surface area (Å²) in [6.45, 7) is 0.242. The molecular formula is C17H17ClN6O4S. The van der Waals surface area contributed by atoms with E-state index in [1.165, 1.54) is 28.6 Å². The van der Waals surface area contributed by atoms with Gasteiger partial charge in [-0.15, -0.1) is 5.10 Å². The summed E-state index contributed by atoms with van der Waals surface area (Å²) in [5.41, 5.74) is 0.466. The van der Waals surface area contributed by atoms with Crippen molar-refractivity contribution in [2.75, 3.05) is 11.9 Å². The molecule has 0 spiro atoms. The molecule has 1 saturated heterocycles. The highest BCUT2D eigenvalue weighted by molar-refractivity contribution is 7.89. The van der Waals surface area contributed by atoms with Gasteiger partial charge in [-0.1, -0.05) is 16.7 Å². The maximum absolute atomic E-state index is 12.9. The van der Waals surface area contributed by atoms with Gasteiger partial charge in [0.15, 0.2) is 0 Å². The molecule has 1 fully saturated rings. The second kappa shape index (κ2) is 7.58. The standard InChI is InChI=1S/C17H17ClN6O4S/c1-23-10-8-13(22-23)16-20-21-17(28-16)19-15(25)14-3-2-9-24(14)29(26,27)12-6-4-11(18)5-7-12/h4-8,10,14H,2-3,9H2,1H3,(H,19,21,25). The summed E-state index contributed by atoms with van der Waals surface area (Å²) in [5, 5.41) is 14.7. The van der Waals surface area contributed by atoms with Crippen molar-refractivity contribution >= 4 is 33.5 Å². The molecule has 0 aliphatic carbocycles. The molecule has 1 N–H and O–H groups in total. The van der Waals surface area contributed by atoms with Crippen molar-refractivity contribution in [2.24, 2.45) is 7.05 Å². The SMILES string of the molecule is Cn1ccc(-c2nnc(NC(=O)C3CCCN3S(=O)(=O)c3ccc(Cl)cc3)o2)n1. The molecule has 1 aliphatic rings. The Morgan fingerprint density at radius 3 is 2.69 bits per heavy atom. The molecule has 1 amide bonds. The van der Waals surface area contributed by atoms with Crippen LogP contribution < -0.4 is 5.32 Å². The summed E-state index contributed by atoms with van der Waals surface area (Å²) in [6, 6.07) is 6.53. The van der Waals surface area contributed by atoms with Crippen LogP contribution in [0.15, 0.2) is 45.8 Å². The summed E-state index contributed by atoms with van der Waals surface area (Å²) in [6.07, 6.45) is 2.67. The summed E-state index contributed by atoms with van der Waals surface area (Å²) in [5.74, 6) is -0.380. The lowest BCUT2D eigenvalue weighted by atomic mass is 10.2. The average Bonchev–Trinajstić information content (AvgIpc) is 3.42. The Morgan fingerprint density at radius 1 is 1.24 bits per heavy atom. The number of aromatic nitrogens is 4. The molecule has 1 aliphatic heterocycles. The minimum absolute atomic E-state index is 0.0804. The third kappa shape index (κ3) is 3.88. The van der Waals surface area contributed by atoms with E-state index >= 15 is 0 Å². The Morgan fingerprint density at radius 2 is 2.00 bits per heavy atom. The molecule has 3 aromatic rings. The number of nitrogens with one attached hydrogen (secondary N) is 1. The first-order chi connectivity index (χ1) is 13.8. The van der Waals surface area contributed by atoms with Crippen molar-refractivity contribution in [3.63, 3.8) is 0 Å². The molecule has 29 heavy (non-hydrogen) atoms. The van der Waals surface area contributed by atoms with Gasteiger partial charge in [-0.2, -0.15) is 9.40 Å². The molecule has 152 valence electrons. The van der Waals surface area contributed by atoms with Crippen molar-refractivity contribution in [3.05, 3.63) is 41.6 Å². The molecule has 0 bridgehead atoms. The van der Waals surface area contributed by atoms with Crippen LogP contribution >= 0.6 is 11.6 Å². The fourth-order valence-electron chi connectivity index (χ4n) is 3.13. The maximum Gasteiger partial charge on any atom is 0.322 e. The lowest BCUT2D eigenvalue weighted by Crippen LogP contribution is -2.43. The van der Waals surface area contributed by atoms with E-state index < -0.39 is 22.0 Å². The van der Waals surface area contributed by atoms with Crippen LogP contribution in [-0.4, -0.2) is 51.2 Å². The third-order valence-corrected chi connectivity index (χ3v) is 6.69. The number of halogens is 1. The van der Waals surface area contributed by atoms with E-state index in [0.29, 0.717) is 23.6 Å². The van der Waals surface area contributed by atoms with Crippen LogP contribution in [0.2, 0.25) is 5.02 Å². The van der Waals surface area contributed by atoms with E-state index in [4.69, 9.17) is 16.0 Å². The highest BCUT2D eigenvalue weighted by Gasteiger charge is 2.39. The first-order valence-electron chi connectivity index (χ1n) is 8.76. The van der Waals surface area contributed by atoms with E-state index in [0.717, 1.165) is 0 Å². The van der Waals surface area contributed by atoms with Crippen molar-refractivity contribution in [1.29, 1.82) is 0 Å². The molecule has 1 atom stereocenters. The highest BCUT2D eigenvalue weighted by Crippen LogP contribution is 2.28. The van der Waals surface area contributed by atoms with E-state index in [1.807, 2.05) is 0 Å². The van der Waals surface area contributed by atoms with E-state index in [9.17, 15) is 13.2 Å². The Bertz CT molecular complexity index is 1140. The van der Waals surface area contributed by atoms with Crippen LogP contribution in [0, 0.1) is 0 Å². The minimum Gasteiger partial charge on any atom is -0.401 e. The molecular weight excluding hydrogens is 420 g/mol. The lowest BCUT2D eigenvalue weighted by Gasteiger charge is -2.22. The number of benzene rings is 1. The summed E-state index contributed by atoms with van der Waals surface area (Å²) in [4.78, 5) is 12.8. The number of carbonyl (C=O) groups excluding carboxylic acids is 1. The van der Waals surface area contributed by atoms with Gasteiger partial charge in [0.2, 0.25) is 15.9 Å². The van der Waals surface area contributed by atoms with Crippen molar-refractivity contribution < 1.29 is 17.6 Å². The maximum atomic E-state index is 12.9. The number of nitrogens with zero attached hydrogens (tertiary/aromatic N) is 5. The minimum atomic E-state index is -3.84. The number of carbonyl (C=O) groups is 1.